The van der Waals surface area contributed by atoms with E-state index in [1.165, 1.54) is 83.5 Å². The van der Waals surface area contributed by atoms with Crippen LogP contribution < -0.4 is 0 Å². The van der Waals surface area contributed by atoms with Gasteiger partial charge in [-0.15, -0.1) is 0 Å². The molecule has 0 saturated heterocycles. The van der Waals surface area contributed by atoms with Crippen molar-refractivity contribution >= 4 is 26.2 Å². The van der Waals surface area contributed by atoms with Gasteiger partial charge in [-0.25, -0.2) is 9.68 Å². The second kappa shape index (κ2) is 24.8. The standard InChI is InChI=1S/C29H57O6PS/c1-7-10-12-14-15-16-17-19-21-24-37-27(22-20-18-13-11-8-2)26(6)34-35-29(36-31,32-23-9-3)28(30)33-25(4)5/h25-27H,7-24H2,1-6H3. The Hall–Kier alpha value is -0.200. The minimum atomic E-state index is -2.10. The Morgan fingerprint density at radius 1 is 0.784 bits per heavy atom. The Bertz CT molecular complexity index is 550. The van der Waals surface area contributed by atoms with Gasteiger partial charge in [0, 0.05) is 5.25 Å². The molecular formula is C29H57O6PS. The monoisotopic (exact) mass is 564 g/mol. The van der Waals surface area contributed by atoms with Crippen molar-refractivity contribution in [2.45, 2.75) is 167 Å². The van der Waals surface area contributed by atoms with Crippen molar-refractivity contribution < 1.29 is 28.6 Å². The molecular weight excluding hydrogens is 507 g/mol. The molecule has 0 bridgehead atoms. The maximum atomic E-state index is 12.7. The van der Waals surface area contributed by atoms with Gasteiger partial charge in [0.05, 0.1) is 12.7 Å². The molecule has 0 amide bonds. The van der Waals surface area contributed by atoms with Crippen molar-refractivity contribution in [1.29, 1.82) is 0 Å². The molecule has 0 rings (SSSR count). The molecule has 0 aliphatic carbocycles. The zero-order valence-electron chi connectivity index (χ0n) is 24.8. The van der Waals surface area contributed by atoms with Gasteiger partial charge in [0.25, 0.3) is 0 Å². The lowest BCUT2D eigenvalue weighted by Gasteiger charge is -2.28. The minimum absolute atomic E-state index is 0.203. The highest BCUT2D eigenvalue weighted by molar-refractivity contribution is 7.99. The summed E-state index contributed by atoms with van der Waals surface area (Å²) in [6, 6.07) is 0. The van der Waals surface area contributed by atoms with Crippen LogP contribution >= 0.6 is 20.2 Å². The van der Waals surface area contributed by atoms with Crippen molar-refractivity contribution in [1.82, 2.24) is 0 Å². The van der Waals surface area contributed by atoms with Crippen LogP contribution in [0.4, 0.5) is 0 Å². The summed E-state index contributed by atoms with van der Waals surface area (Å²) in [6.07, 6.45) is 18.9. The number of unbranched alkanes of at least 4 members (excludes halogenated alkanes) is 12. The van der Waals surface area contributed by atoms with Crippen molar-refractivity contribution in [2.75, 3.05) is 12.4 Å². The van der Waals surface area contributed by atoms with E-state index in [1.54, 1.807) is 13.8 Å². The van der Waals surface area contributed by atoms with E-state index in [2.05, 4.69) is 13.8 Å². The Kier molecular flexibility index (Phi) is 24.7. The fourth-order valence-corrected chi connectivity index (χ4v) is 5.65. The maximum Gasteiger partial charge on any atom is 0.382 e. The third kappa shape index (κ3) is 18.7. The lowest BCUT2D eigenvalue weighted by atomic mass is 10.1. The van der Waals surface area contributed by atoms with E-state index in [9.17, 15) is 9.36 Å². The van der Waals surface area contributed by atoms with Crippen LogP contribution in [0, 0.1) is 0 Å². The molecule has 0 heterocycles. The van der Waals surface area contributed by atoms with Crippen LogP contribution in [0.25, 0.3) is 0 Å². The van der Waals surface area contributed by atoms with Crippen molar-refractivity contribution in [3.8, 4) is 0 Å². The topological polar surface area (TPSA) is 71.1 Å². The normalized spacial score (nSPS) is 15.1. The van der Waals surface area contributed by atoms with Gasteiger partial charge in [0.2, 0.25) is 8.46 Å². The first kappa shape index (κ1) is 36.8. The number of ether oxygens (including phenoxy) is 2. The predicted octanol–water partition coefficient (Wildman–Crippen LogP) is 9.64. The Labute approximate surface area is 234 Å². The number of esters is 1. The number of carbonyl (C=O) groups is 1. The van der Waals surface area contributed by atoms with Crippen LogP contribution in [0.1, 0.15) is 144 Å². The second-order valence-electron chi connectivity index (χ2n) is 10.3. The lowest BCUT2D eigenvalue weighted by molar-refractivity contribution is -0.403. The molecule has 0 N–H and O–H groups in total. The molecule has 0 aromatic heterocycles. The molecule has 3 unspecified atom stereocenters. The smallest absolute Gasteiger partial charge is 0.382 e. The third-order valence-electron chi connectivity index (χ3n) is 6.23. The van der Waals surface area contributed by atoms with Gasteiger partial charge >= 0.3 is 11.5 Å². The summed E-state index contributed by atoms with van der Waals surface area (Å²) in [5, 5.41) is 0.226. The van der Waals surface area contributed by atoms with E-state index in [0.29, 0.717) is 6.42 Å². The molecule has 3 atom stereocenters. The van der Waals surface area contributed by atoms with Crippen LogP contribution in [0.3, 0.4) is 0 Å². The van der Waals surface area contributed by atoms with E-state index in [0.717, 1.165) is 18.6 Å². The molecule has 0 aliphatic rings. The molecule has 6 nitrogen and oxygen atoms in total. The molecule has 0 fully saturated rings. The molecule has 0 spiro atoms. The summed E-state index contributed by atoms with van der Waals surface area (Å²) < 4.78 is 22.9. The van der Waals surface area contributed by atoms with Crippen molar-refractivity contribution in [2.24, 2.45) is 0 Å². The summed E-state index contributed by atoms with van der Waals surface area (Å²) in [5.74, 6) is 0.244. The van der Waals surface area contributed by atoms with Gasteiger partial charge in [-0.2, -0.15) is 16.6 Å². The molecule has 8 heteroatoms. The van der Waals surface area contributed by atoms with Crippen LogP contribution in [0.15, 0.2) is 0 Å². The van der Waals surface area contributed by atoms with Crippen LogP contribution in [-0.2, 0) is 28.6 Å². The van der Waals surface area contributed by atoms with Gasteiger partial charge in [-0.1, -0.05) is 104 Å². The summed E-state index contributed by atoms with van der Waals surface area (Å²) >= 11 is 1.92. The molecule has 0 aromatic rings. The quantitative estimate of drug-likeness (QED) is 0.0246. The first-order valence-electron chi connectivity index (χ1n) is 15.0. The summed E-state index contributed by atoms with van der Waals surface area (Å²) in [4.78, 5) is 23.9. The fraction of sp³-hybridized carbons (Fsp3) is 0.966. The van der Waals surface area contributed by atoms with Crippen LogP contribution in [0.5, 0.6) is 0 Å². The Balaban J connectivity index is 4.83. The van der Waals surface area contributed by atoms with Gasteiger partial charge in [-0.3, -0.25) is 4.57 Å². The van der Waals surface area contributed by atoms with E-state index in [1.807, 2.05) is 25.6 Å². The van der Waals surface area contributed by atoms with E-state index >= 15 is 0 Å². The van der Waals surface area contributed by atoms with Crippen LogP contribution in [0.2, 0.25) is 0 Å². The Morgan fingerprint density at radius 3 is 1.84 bits per heavy atom. The highest BCUT2D eigenvalue weighted by Crippen LogP contribution is 2.32. The zero-order valence-corrected chi connectivity index (χ0v) is 26.5. The molecule has 0 saturated carbocycles. The number of thioether (sulfide) groups is 1. The van der Waals surface area contributed by atoms with Gasteiger partial charge in [0.1, 0.15) is 6.10 Å². The first-order valence-corrected chi connectivity index (χ1v) is 16.9. The van der Waals surface area contributed by atoms with E-state index in [4.69, 9.17) is 19.2 Å². The lowest BCUT2D eigenvalue weighted by Crippen LogP contribution is -2.43. The maximum absolute atomic E-state index is 12.7. The van der Waals surface area contributed by atoms with Crippen molar-refractivity contribution in [3.63, 3.8) is 0 Å². The first-order chi connectivity index (χ1) is 17.9. The van der Waals surface area contributed by atoms with Gasteiger partial charge in [-0.05, 0) is 45.8 Å². The second-order valence-corrected chi connectivity index (χ2v) is 12.4. The average molecular weight is 565 g/mol. The Morgan fingerprint density at radius 2 is 1.32 bits per heavy atom. The predicted molar refractivity (Wildman–Crippen MR) is 156 cm³/mol. The van der Waals surface area contributed by atoms with Gasteiger partial charge < -0.3 is 9.47 Å². The van der Waals surface area contributed by atoms with E-state index in [-0.39, 0.29) is 24.1 Å². The van der Waals surface area contributed by atoms with Crippen molar-refractivity contribution in [3.05, 3.63) is 0 Å². The highest BCUT2D eigenvalue weighted by Gasteiger charge is 2.47. The summed E-state index contributed by atoms with van der Waals surface area (Å²) in [6.45, 7) is 12.0. The number of hydrogen-bond donors (Lipinski definition) is 0. The van der Waals surface area contributed by atoms with Crippen LogP contribution in [-0.4, -0.2) is 41.3 Å². The minimum Gasteiger partial charge on any atom is -0.458 e. The molecule has 0 aliphatic heterocycles. The molecule has 37 heavy (non-hydrogen) atoms. The average Bonchev–Trinajstić information content (AvgIpc) is 2.88. The molecule has 0 aromatic carbocycles. The molecule has 220 valence electrons. The SMILES string of the molecule is CCCCCCCCCCCSC(CCCCCCC)C(C)OOC(OCCC)(P=O)C(=O)OC(C)C. The number of carbonyl (C=O) groups excluding carboxylic acids is 1. The number of rotatable bonds is 27. The zero-order chi connectivity index (χ0) is 27.8. The summed E-state index contributed by atoms with van der Waals surface area (Å²) in [5.41, 5.74) is -2.10. The third-order valence-corrected chi connectivity index (χ3v) is 8.43. The van der Waals surface area contributed by atoms with E-state index < -0.39 is 20.0 Å². The highest BCUT2D eigenvalue weighted by atomic mass is 32.2. The molecule has 0 radical (unpaired) electrons. The fourth-order valence-electron chi connectivity index (χ4n) is 3.98. The summed E-state index contributed by atoms with van der Waals surface area (Å²) in [7, 11) is -0.638. The largest absolute Gasteiger partial charge is 0.458 e. The van der Waals surface area contributed by atoms with Gasteiger partial charge in [0.15, 0.2) is 0 Å². The number of hydrogen-bond acceptors (Lipinski definition) is 7.